The van der Waals surface area contributed by atoms with Crippen LogP contribution in [-0.2, 0) is 36.5 Å². The second kappa shape index (κ2) is 14.4. The third-order valence-electron chi connectivity index (χ3n) is 7.62. The number of hydrogen-bond acceptors (Lipinski definition) is 7. The molecule has 0 fully saturated rings. The van der Waals surface area contributed by atoms with E-state index in [1.165, 1.54) is 0 Å². The fourth-order valence-electron chi connectivity index (χ4n) is 5.69. The highest BCUT2D eigenvalue weighted by molar-refractivity contribution is 6.77. The summed E-state index contributed by atoms with van der Waals surface area (Å²) in [4.78, 5) is 41.8. The molecule has 1 heterocycles. The van der Waals surface area contributed by atoms with Crippen molar-refractivity contribution in [3.63, 3.8) is 0 Å². The number of para-hydroxylation sites is 1. The lowest BCUT2D eigenvalue weighted by atomic mass is 10.1. The van der Waals surface area contributed by atoms with Gasteiger partial charge in [0.1, 0.15) is 12.6 Å². The number of fused-ring (bicyclic) bond motifs is 1. The van der Waals surface area contributed by atoms with Crippen LogP contribution >= 0.6 is 0 Å². The molecule has 0 aliphatic carbocycles. The summed E-state index contributed by atoms with van der Waals surface area (Å²) in [5, 5.41) is 3.43. The third kappa shape index (κ3) is 8.05. The first-order valence-corrected chi connectivity index (χ1v) is 16.3. The molecule has 0 aliphatic heterocycles. The molecule has 9 nitrogen and oxygen atoms in total. The van der Waals surface area contributed by atoms with E-state index in [-0.39, 0.29) is 36.3 Å². The normalized spacial score (nSPS) is 13.4. The predicted molar refractivity (Wildman–Crippen MR) is 162 cm³/mol. The summed E-state index contributed by atoms with van der Waals surface area (Å²) in [6, 6.07) is 14.6. The largest absolute Gasteiger partial charge is 0.459 e. The van der Waals surface area contributed by atoms with Crippen molar-refractivity contribution in [2.45, 2.75) is 83.3 Å². The molecule has 0 unspecified atom stereocenters. The van der Waals surface area contributed by atoms with Crippen molar-refractivity contribution in [2.24, 2.45) is 5.73 Å². The van der Waals surface area contributed by atoms with Gasteiger partial charge in [0.05, 0.1) is 6.61 Å². The molecule has 0 saturated carbocycles. The van der Waals surface area contributed by atoms with Crippen LogP contribution in [0.5, 0.6) is 0 Å². The minimum atomic E-state index is -2.37. The van der Waals surface area contributed by atoms with Gasteiger partial charge in [0, 0.05) is 23.5 Å². The van der Waals surface area contributed by atoms with E-state index in [1.807, 2.05) is 54.6 Å². The van der Waals surface area contributed by atoms with Gasteiger partial charge < -0.3 is 29.9 Å². The maximum absolute atomic E-state index is 13.2. The molecule has 3 aromatic rings. The number of carbonyl (C=O) groups is 3. The van der Waals surface area contributed by atoms with E-state index in [0.717, 1.165) is 22.0 Å². The summed E-state index contributed by atoms with van der Waals surface area (Å²) in [5.41, 5.74) is 9.43. The van der Waals surface area contributed by atoms with Crippen molar-refractivity contribution in [1.82, 2.24) is 10.3 Å². The Kier molecular flexibility index (Phi) is 11.3. The second-order valence-electron chi connectivity index (χ2n) is 11.3. The number of nitrogens with one attached hydrogen (secondary N) is 2. The van der Waals surface area contributed by atoms with Crippen LogP contribution in [0.15, 0.2) is 60.8 Å². The molecule has 0 bridgehead atoms. The molecule has 0 radical (unpaired) electrons. The van der Waals surface area contributed by atoms with E-state index in [9.17, 15) is 14.4 Å². The predicted octanol–water partition coefficient (Wildman–Crippen LogP) is 5.59. The molecule has 3 rings (SSSR count). The number of aromatic nitrogens is 1. The van der Waals surface area contributed by atoms with Crippen molar-refractivity contribution < 1.29 is 28.3 Å². The monoisotopic (exact) mass is 581 g/mol. The van der Waals surface area contributed by atoms with E-state index in [1.54, 1.807) is 6.20 Å². The smallest absolute Gasteiger partial charge is 0.415 e. The van der Waals surface area contributed by atoms with E-state index in [2.05, 4.69) is 51.8 Å². The van der Waals surface area contributed by atoms with Crippen molar-refractivity contribution >= 4 is 37.3 Å². The van der Waals surface area contributed by atoms with Gasteiger partial charge in [-0.3, -0.25) is 0 Å². The van der Waals surface area contributed by atoms with Gasteiger partial charge in [-0.15, -0.1) is 0 Å². The first-order chi connectivity index (χ1) is 19.5. The molecule has 10 heteroatoms. The summed E-state index contributed by atoms with van der Waals surface area (Å²) in [6.07, 6.45) is 0.871. The Bertz CT molecular complexity index is 1290. The quantitative estimate of drug-likeness (QED) is 0.136. The highest BCUT2D eigenvalue weighted by Crippen LogP contribution is 2.42. The lowest BCUT2D eigenvalue weighted by molar-refractivity contribution is -0.149. The van der Waals surface area contributed by atoms with Crippen LogP contribution in [-0.4, -0.2) is 50.0 Å². The Labute approximate surface area is 243 Å². The van der Waals surface area contributed by atoms with Crippen molar-refractivity contribution in [3.05, 3.63) is 71.9 Å². The number of carbonyl (C=O) groups excluding carboxylic acids is 3. The zero-order valence-corrected chi connectivity index (χ0v) is 25.8. The minimum absolute atomic E-state index is 0.0302. The lowest BCUT2D eigenvalue weighted by Gasteiger charge is -2.42. The highest BCUT2D eigenvalue weighted by Gasteiger charge is 2.46. The van der Waals surface area contributed by atoms with Crippen LogP contribution in [0.25, 0.3) is 10.9 Å². The molecule has 0 spiro atoms. The summed E-state index contributed by atoms with van der Waals surface area (Å²) in [5.74, 6) is -1.58. The number of H-pyrrole nitrogens is 1. The Morgan fingerprint density at radius 1 is 0.878 bits per heavy atom. The molecule has 2 atom stereocenters. The Morgan fingerprint density at radius 3 is 2.12 bits per heavy atom. The molecule has 1 aromatic heterocycles. The van der Waals surface area contributed by atoms with Gasteiger partial charge in [-0.05, 0) is 33.8 Å². The van der Waals surface area contributed by atoms with Gasteiger partial charge in [0.15, 0.2) is 14.4 Å². The van der Waals surface area contributed by atoms with Crippen LogP contribution in [0.4, 0.5) is 4.79 Å². The van der Waals surface area contributed by atoms with Crippen molar-refractivity contribution in [3.8, 4) is 0 Å². The van der Waals surface area contributed by atoms with Crippen LogP contribution in [0.3, 0.4) is 0 Å². The van der Waals surface area contributed by atoms with Gasteiger partial charge in [0.25, 0.3) is 0 Å². The summed E-state index contributed by atoms with van der Waals surface area (Å²) in [7, 11) is -2.37. The zero-order valence-electron chi connectivity index (χ0n) is 24.8. The van der Waals surface area contributed by atoms with E-state index in [0.29, 0.717) is 0 Å². The highest BCUT2D eigenvalue weighted by atomic mass is 28.4. The summed E-state index contributed by atoms with van der Waals surface area (Å²) >= 11 is 0. The number of esters is 2. The molecule has 4 N–H and O–H groups in total. The van der Waals surface area contributed by atoms with Crippen molar-refractivity contribution in [2.75, 3.05) is 6.61 Å². The first kappa shape index (κ1) is 32.0. The van der Waals surface area contributed by atoms with E-state index >= 15 is 0 Å². The Hall–Kier alpha value is -3.47. The number of alkyl carbamates (subject to hydrolysis) is 1. The minimum Gasteiger partial charge on any atom is -0.459 e. The van der Waals surface area contributed by atoms with Crippen molar-refractivity contribution in [1.29, 1.82) is 0 Å². The van der Waals surface area contributed by atoms with E-state index < -0.39 is 38.4 Å². The summed E-state index contributed by atoms with van der Waals surface area (Å²) < 4.78 is 17.1. The molecule has 41 heavy (non-hydrogen) atoms. The van der Waals surface area contributed by atoms with Gasteiger partial charge in [-0.1, -0.05) is 90.1 Å². The molecule has 0 aliphatic rings. The van der Waals surface area contributed by atoms with Gasteiger partial charge in [-0.2, -0.15) is 0 Å². The number of benzene rings is 2. The summed E-state index contributed by atoms with van der Waals surface area (Å²) in [6.45, 7) is 12.7. The number of ether oxygens (including phenoxy) is 2. The van der Waals surface area contributed by atoms with Crippen LogP contribution in [0, 0.1) is 0 Å². The number of hydrogen-bond donors (Lipinski definition) is 3. The molecule has 2 aromatic carbocycles. The average molecular weight is 582 g/mol. The van der Waals surface area contributed by atoms with Gasteiger partial charge in [0.2, 0.25) is 0 Å². The van der Waals surface area contributed by atoms with Crippen LogP contribution in [0.1, 0.15) is 52.7 Å². The standard InChI is InChI=1S/C31H43N3O6Si/c1-20(2)41(21(3)4,22(5)6)39-19-28(30(36)38-18-23-12-8-7-9-13-23)34-31(37)40-29(35)26(32)16-24-17-33-27-15-11-10-14-25(24)27/h7-15,17,20-22,26,28,33H,16,18-19,32H2,1-6H3,(H,34,37)/t26-,28-/m0/s1. The Morgan fingerprint density at radius 2 is 1.49 bits per heavy atom. The fraction of sp³-hybridized carbons (Fsp3) is 0.452. The Balaban J connectivity index is 1.69. The average Bonchev–Trinajstić information content (AvgIpc) is 3.33. The molecule has 222 valence electrons. The van der Waals surface area contributed by atoms with Crippen LogP contribution in [0.2, 0.25) is 16.6 Å². The van der Waals surface area contributed by atoms with Gasteiger partial charge >= 0.3 is 18.0 Å². The molecular formula is C31H43N3O6Si. The second-order valence-corrected chi connectivity index (χ2v) is 16.8. The van der Waals surface area contributed by atoms with Crippen LogP contribution < -0.4 is 11.1 Å². The maximum atomic E-state index is 13.2. The number of nitrogens with two attached hydrogens (primary N) is 1. The number of rotatable bonds is 13. The number of aromatic amines is 1. The van der Waals surface area contributed by atoms with E-state index in [4.69, 9.17) is 19.6 Å². The van der Waals surface area contributed by atoms with Gasteiger partial charge in [-0.25, -0.2) is 14.4 Å². The zero-order chi connectivity index (χ0) is 30.2. The molecule has 0 saturated heterocycles. The third-order valence-corrected chi connectivity index (χ3v) is 13.7. The molecule has 1 amide bonds. The maximum Gasteiger partial charge on any atom is 0.415 e. The molecular weight excluding hydrogens is 538 g/mol. The fourth-order valence-corrected chi connectivity index (χ4v) is 11.1. The lowest BCUT2D eigenvalue weighted by Crippen LogP contribution is -2.53. The first-order valence-electron chi connectivity index (χ1n) is 14.1. The number of amides is 1. The SMILES string of the molecule is CC(C)[Si](OC[C@H](NC(=O)OC(=O)[C@@H](N)Cc1c[nH]c2ccccc12)C(=O)OCc1ccccc1)(C(C)C)C(C)C. The topological polar surface area (TPSA) is 133 Å².